The quantitative estimate of drug-likeness (QED) is 0.683. The van der Waals surface area contributed by atoms with E-state index in [-0.39, 0.29) is 17.7 Å². The Morgan fingerprint density at radius 3 is 2.94 bits per heavy atom. The number of hydrogen-bond donors (Lipinski definition) is 0. The van der Waals surface area contributed by atoms with E-state index in [1.165, 1.54) is 6.08 Å². The highest BCUT2D eigenvalue weighted by molar-refractivity contribution is 5.92. The second kappa shape index (κ2) is 5.64. The Hall–Kier alpha value is -1.38. The molecule has 1 unspecified atom stereocenters. The number of hydrogen-bond acceptors (Lipinski definition) is 2. The zero-order valence-electron chi connectivity index (χ0n) is 9.98. The molecule has 0 aromatic heterocycles. The second-order valence-electron chi connectivity index (χ2n) is 4.43. The molecule has 0 aliphatic carbocycles. The van der Waals surface area contributed by atoms with Crippen LogP contribution in [0.25, 0.3) is 0 Å². The molecule has 1 rings (SSSR count). The average Bonchev–Trinajstić information content (AvgIpc) is 2.25. The molecule has 0 aromatic rings. The van der Waals surface area contributed by atoms with Gasteiger partial charge in [-0.05, 0) is 18.4 Å². The second-order valence-corrected chi connectivity index (χ2v) is 4.43. The zero-order chi connectivity index (χ0) is 12.1. The molecule has 1 heterocycles. The third-order valence-electron chi connectivity index (χ3n) is 2.81. The zero-order valence-corrected chi connectivity index (χ0v) is 9.98. The molecule has 1 aliphatic rings. The van der Waals surface area contributed by atoms with E-state index in [1.807, 2.05) is 13.8 Å². The third kappa shape index (κ3) is 3.05. The molecule has 0 N–H and O–H groups in total. The number of ketones is 1. The van der Waals surface area contributed by atoms with Crippen molar-refractivity contribution in [2.24, 2.45) is 5.92 Å². The average molecular weight is 221 g/mol. The molecular weight excluding hydrogens is 202 g/mol. The molecule has 0 bridgehead atoms. The lowest BCUT2D eigenvalue weighted by atomic mass is 9.94. The normalized spacial score (nSPS) is 20.3. The lowest BCUT2D eigenvalue weighted by Gasteiger charge is -2.33. The van der Waals surface area contributed by atoms with Crippen molar-refractivity contribution in [1.82, 2.24) is 4.90 Å². The molecular formula is C13H19NO2. The van der Waals surface area contributed by atoms with Crippen molar-refractivity contribution in [3.63, 3.8) is 0 Å². The van der Waals surface area contributed by atoms with E-state index in [2.05, 4.69) is 6.58 Å². The van der Waals surface area contributed by atoms with Gasteiger partial charge < -0.3 is 4.90 Å². The van der Waals surface area contributed by atoms with Crippen LogP contribution >= 0.6 is 0 Å². The summed E-state index contributed by atoms with van der Waals surface area (Å²) >= 11 is 0. The first-order valence-corrected chi connectivity index (χ1v) is 5.69. The first-order valence-electron chi connectivity index (χ1n) is 5.69. The summed E-state index contributed by atoms with van der Waals surface area (Å²) in [5, 5.41) is 0. The molecule has 3 heteroatoms. The van der Waals surface area contributed by atoms with Gasteiger partial charge >= 0.3 is 0 Å². The summed E-state index contributed by atoms with van der Waals surface area (Å²) < 4.78 is 0. The van der Waals surface area contributed by atoms with Gasteiger partial charge in [0.15, 0.2) is 5.78 Å². The Bertz CT molecular complexity index is 318. The Morgan fingerprint density at radius 1 is 1.69 bits per heavy atom. The van der Waals surface area contributed by atoms with Gasteiger partial charge in [0.2, 0.25) is 5.91 Å². The fourth-order valence-electron chi connectivity index (χ4n) is 1.83. The maximum Gasteiger partial charge on any atom is 0.227 e. The van der Waals surface area contributed by atoms with E-state index in [0.29, 0.717) is 25.2 Å². The molecule has 16 heavy (non-hydrogen) atoms. The highest BCUT2D eigenvalue weighted by Crippen LogP contribution is 2.21. The summed E-state index contributed by atoms with van der Waals surface area (Å²) in [7, 11) is 0. The minimum atomic E-state index is 0.00909. The van der Waals surface area contributed by atoms with Gasteiger partial charge in [0.05, 0.1) is 0 Å². The predicted octanol–water partition coefficient (Wildman–Crippen LogP) is 2.29. The van der Waals surface area contributed by atoms with Crippen LogP contribution in [-0.2, 0) is 9.59 Å². The van der Waals surface area contributed by atoms with Crippen LogP contribution in [0.3, 0.4) is 0 Å². The van der Waals surface area contributed by atoms with Crippen LogP contribution in [0, 0.1) is 5.92 Å². The Morgan fingerprint density at radius 2 is 2.38 bits per heavy atom. The molecule has 1 atom stereocenters. The van der Waals surface area contributed by atoms with Crippen molar-refractivity contribution in [2.75, 3.05) is 0 Å². The monoisotopic (exact) mass is 221 g/mol. The van der Waals surface area contributed by atoms with E-state index in [9.17, 15) is 9.59 Å². The van der Waals surface area contributed by atoms with Gasteiger partial charge in [-0.2, -0.15) is 0 Å². The maximum atomic E-state index is 11.9. The van der Waals surface area contributed by atoms with E-state index in [0.717, 1.165) is 0 Å². The van der Waals surface area contributed by atoms with Crippen molar-refractivity contribution in [1.29, 1.82) is 0 Å². The number of nitrogens with zero attached hydrogens (tertiary/aromatic N) is 1. The van der Waals surface area contributed by atoms with Gasteiger partial charge in [-0.3, -0.25) is 9.59 Å². The van der Waals surface area contributed by atoms with Crippen LogP contribution in [0.5, 0.6) is 0 Å². The van der Waals surface area contributed by atoms with Gasteiger partial charge in [-0.1, -0.05) is 19.9 Å². The molecule has 0 spiro atoms. The number of amides is 1. The van der Waals surface area contributed by atoms with Crippen LogP contribution in [0.4, 0.5) is 0 Å². The van der Waals surface area contributed by atoms with Gasteiger partial charge in [-0.25, -0.2) is 0 Å². The molecule has 0 radical (unpaired) electrons. The number of rotatable bonds is 4. The Kier molecular flexibility index (Phi) is 4.47. The summed E-state index contributed by atoms with van der Waals surface area (Å²) in [5.74, 6) is 0.468. The van der Waals surface area contributed by atoms with Crippen molar-refractivity contribution >= 4 is 11.7 Å². The van der Waals surface area contributed by atoms with Crippen molar-refractivity contribution in [2.45, 2.75) is 39.2 Å². The summed E-state index contributed by atoms with van der Waals surface area (Å²) in [5.41, 5.74) is 0. The number of allylic oxidation sites excluding steroid dienone is 2. The van der Waals surface area contributed by atoms with Crippen LogP contribution < -0.4 is 0 Å². The molecule has 0 aromatic carbocycles. The van der Waals surface area contributed by atoms with E-state index in [4.69, 9.17) is 0 Å². The van der Waals surface area contributed by atoms with Crippen molar-refractivity contribution in [3.05, 3.63) is 24.9 Å². The van der Waals surface area contributed by atoms with Gasteiger partial charge in [0.1, 0.15) is 0 Å². The van der Waals surface area contributed by atoms with Gasteiger partial charge in [0.25, 0.3) is 0 Å². The van der Waals surface area contributed by atoms with Crippen molar-refractivity contribution in [3.8, 4) is 0 Å². The van der Waals surface area contributed by atoms with Crippen LogP contribution in [-0.4, -0.2) is 22.6 Å². The van der Waals surface area contributed by atoms with E-state index in [1.54, 1.807) is 17.2 Å². The number of carbonyl (C=O) groups excluding carboxylic acids is 2. The summed E-state index contributed by atoms with van der Waals surface area (Å²) in [6.45, 7) is 7.67. The third-order valence-corrected chi connectivity index (χ3v) is 2.81. The highest BCUT2D eigenvalue weighted by atomic mass is 16.2. The van der Waals surface area contributed by atoms with Crippen LogP contribution in [0.15, 0.2) is 24.9 Å². The fraction of sp³-hybridized carbons (Fsp3) is 0.538. The standard InChI is InChI=1S/C13H19NO2/c1-4-5-6-13(16)14-8-7-11(15)9-12(14)10(2)3/h4,7-8,10,12H,1,5-6,9H2,2-3H3. The summed E-state index contributed by atoms with van der Waals surface area (Å²) in [6, 6.07) is 0.00909. The van der Waals surface area contributed by atoms with Crippen molar-refractivity contribution < 1.29 is 9.59 Å². The highest BCUT2D eigenvalue weighted by Gasteiger charge is 2.28. The van der Waals surface area contributed by atoms with Crippen LogP contribution in [0.2, 0.25) is 0 Å². The molecule has 0 saturated carbocycles. The largest absolute Gasteiger partial charge is 0.315 e. The number of carbonyl (C=O) groups is 2. The molecule has 88 valence electrons. The summed E-state index contributed by atoms with van der Waals surface area (Å²) in [6.07, 6.45) is 6.44. The van der Waals surface area contributed by atoms with E-state index < -0.39 is 0 Å². The minimum absolute atomic E-state index is 0.00909. The molecule has 1 amide bonds. The lowest BCUT2D eigenvalue weighted by molar-refractivity contribution is -0.132. The lowest BCUT2D eigenvalue weighted by Crippen LogP contribution is -2.43. The molecule has 1 aliphatic heterocycles. The molecule has 0 fully saturated rings. The smallest absolute Gasteiger partial charge is 0.227 e. The predicted molar refractivity (Wildman–Crippen MR) is 63.7 cm³/mol. The fourth-order valence-corrected chi connectivity index (χ4v) is 1.83. The first kappa shape index (κ1) is 12.7. The topological polar surface area (TPSA) is 37.4 Å². The van der Waals surface area contributed by atoms with Gasteiger partial charge in [0, 0.05) is 25.1 Å². The maximum absolute atomic E-state index is 11.9. The Balaban J connectivity index is 2.74. The van der Waals surface area contributed by atoms with Crippen LogP contribution in [0.1, 0.15) is 33.1 Å². The Labute approximate surface area is 96.8 Å². The first-order chi connectivity index (χ1) is 7.56. The minimum Gasteiger partial charge on any atom is -0.315 e. The SMILES string of the molecule is C=CCCC(=O)N1C=CC(=O)CC1C(C)C. The summed E-state index contributed by atoms with van der Waals surface area (Å²) in [4.78, 5) is 24.9. The molecule has 0 saturated heterocycles. The van der Waals surface area contributed by atoms with E-state index >= 15 is 0 Å². The molecule has 3 nitrogen and oxygen atoms in total. The van der Waals surface area contributed by atoms with Gasteiger partial charge in [-0.15, -0.1) is 6.58 Å².